The van der Waals surface area contributed by atoms with Crippen molar-refractivity contribution < 1.29 is 9.90 Å². The quantitative estimate of drug-likeness (QED) is 0.921. The van der Waals surface area contributed by atoms with E-state index in [1.165, 1.54) is 0 Å². The van der Waals surface area contributed by atoms with Crippen LogP contribution in [0.15, 0.2) is 48.5 Å². The third kappa shape index (κ3) is 4.04. The monoisotopic (exact) mass is 349 g/mol. The fraction of sp³-hybridized carbons (Fsp3) is 0.333. The van der Waals surface area contributed by atoms with Gasteiger partial charge in [0.25, 0.3) is 0 Å². The van der Waals surface area contributed by atoms with Crippen molar-refractivity contribution in [1.82, 2.24) is 9.80 Å². The standard InChI is InChI=1S/C21H23N3O2/c1-16-7-8-17(13-20(16)25)14-21(26)24-11-9-23(10-12-24)19(15-22)18-5-3-2-4-6-18/h2-8,13,19,25H,9-12,14H2,1H3/t19-/m1/s1. The molecule has 134 valence electrons. The smallest absolute Gasteiger partial charge is 0.227 e. The first kappa shape index (κ1) is 18.0. The topological polar surface area (TPSA) is 67.6 Å². The number of piperazine rings is 1. The molecule has 2 aromatic rings. The summed E-state index contributed by atoms with van der Waals surface area (Å²) in [6.07, 6.45) is 0.286. The molecule has 0 spiro atoms. The predicted molar refractivity (Wildman–Crippen MR) is 99.5 cm³/mol. The van der Waals surface area contributed by atoms with Crippen LogP contribution in [-0.4, -0.2) is 47.0 Å². The van der Waals surface area contributed by atoms with Gasteiger partial charge in [0.05, 0.1) is 12.5 Å². The average Bonchev–Trinajstić information content (AvgIpc) is 2.67. The molecule has 0 bridgehead atoms. The molecule has 1 atom stereocenters. The van der Waals surface area contributed by atoms with Crippen molar-refractivity contribution in [1.29, 1.82) is 5.26 Å². The molecule has 1 aliphatic heterocycles. The van der Waals surface area contributed by atoms with Crippen LogP contribution >= 0.6 is 0 Å². The van der Waals surface area contributed by atoms with E-state index in [4.69, 9.17) is 0 Å². The molecule has 0 unspecified atom stereocenters. The molecule has 1 amide bonds. The molecule has 0 aromatic heterocycles. The maximum absolute atomic E-state index is 12.5. The third-order valence-electron chi connectivity index (χ3n) is 4.90. The highest BCUT2D eigenvalue weighted by Crippen LogP contribution is 2.22. The van der Waals surface area contributed by atoms with Crippen LogP contribution in [-0.2, 0) is 11.2 Å². The summed E-state index contributed by atoms with van der Waals surface area (Å²) in [6.45, 7) is 4.41. The number of rotatable bonds is 4. The molecular formula is C21H23N3O2. The minimum Gasteiger partial charge on any atom is -0.508 e. The third-order valence-corrected chi connectivity index (χ3v) is 4.90. The van der Waals surface area contributed by atoms with Gasteiger partial charge >= 0.3 is 0 Å². The summed E-state index contributed by atoms with van der Waals surface area (Å²) in [7, 11) is 0. The van der Waals surface area contributed by atoms with Crippen molar-refractivity contribution in [2.24, 2.45) is 0 Å². The van der Waals surface area contributed by atoms with Crippen LogP contribution in [0.25, 0.3) is 0 Å². The summed E-state index contributed by atoms with van der Waals surface area (Å²) in [5, 5.41) is 19.3. The molecule has 1 aliphatic rings. The molecule has 0 aliphatic carbocycles. The molecule has 2 aromatic carbocycles. The molecule has 1 fully saturated rings. The van der Waals surface area contributed by atoms with Gasteiger partial charge in [-0.05, 0) is 29.7 Å². The van der Waals surface area contributed by atoms with E-state index in [1.54, 1.807) is 6.07 Å². The van der Waals surface area contributed by atoms with Crippen molar-refractivity contribution >= 4 is 5.91 Å². The minimum atomic E-state index is -0.275. The van der Waals surface area contributed by atoms with Gasteiger partial charge in [0.15, 0.2) is 0 Å². The van der Waals surface area contributed by atoms with Crippen LogP contribution < -0.4 is 0 Å². The Morgan fingerprint density at radius 1 is 1.15 bits per heavy atom. The van der Waals surface area contributed by atoms with Gasteiger partial charge in [-0.1, -0.05) is 42.5 Å². The van der Waals surface area contributed by atoms with Crippen molar-refractivity contribution in [2.45, 2.75) is 19.4 Å². The van der Waals surface area contributed by atoms with E-state index in [9.17, 15) is 15.2 Å². The second-order valence-corrected chi connectivity index (χ2v) is 6.66. The van der Waals surface area contributed by atoms with Crippen LogP contribution in [0.1, 0.15) is 22.7 Å². The summed E-state index contributed by atoms with van der Waals surface area (Å²) in [5.41, 5.74) is 2.61. The number of aryl methyl sites for hydroxylation is 1. The Bertz CT molecular complexity index is 806. The lowest BCUT2D eigenvalue weighted by Crippen LogP contribution is -2.49. The lowest BCUT2D eigenvalue weighted by molar-refractivity contribution is -0.132. The molecule has 0 saturated carbocycles. The molecule has 1 heterocycles. The highest BCUT2D eigenvalue weighted by molar-refractivity contribution is 5.79. The number of aromatic hydroxyl groups is 1. The number of carbonyl (C=O) groups is 1. The lowest BCUT2D eigenvalue weighted by Gasteiger charge is -2.37. The zero-order chi connectivity index (χ0) is 18.5. The summed E-state index contributed by atoms with van der Waals surface area (Å²) < 4.78 is 0. The minimum absolute atomic E-state index is 0.0566. The van der Waals surface area contributed by atoms with Crippen LogP contribution in [0, 0.1) is 18.3 Å². The van der Waals surface area contributed by atoms with E-state index in [0.717, 1.165) is 16.7 Å². The number of carbonyl (C=O) groups excluding carboxylic acids is 1. The van der Waals surface area contributed by atoms with Crippen molar-refractivity contribution in [3.8, 4) is 11.8 Å². The normalized spacial score (nSPS) is 16.1. The van der Waals surface area contributed by atoms with E-state index in [0.29, 0.717) is 26.2 Å². The van der Waals surface area contributed by atoms with Gasteiger partial charge in [-0.15, -0.1) is 0 Å². The lowest BCUT2D eigenvalue weighted by atomic mass is 10.1. The average molecular weight is 349 g/mol. The van der Waals surface area contributed by atoms with Crippen molar-refractivity contribution in [3.05, 3.63) is 65.2 Å². The molecule has 1 N–H and O–H groups in total. The summed E-state index contributed by atoms with van der Waals surface area (Å²) in [6, 6.07) is 17.2. The number of hydrogen-bond donors (Lipinski definition) is 1. The first-order valence-electron chi connectivity index (χ1n) is 8.83. The van der Waals surface area contributed by atoms with E-state index >= 15 is 0 Å². The van der Waals surface area contributed by atoms with E-state index in [1.807, 2.05) is 54.3 Å². The second kappa shape index (κ2) is 8.03. The summed E-state index contributed by atoms with van der Waals surface area (Å²) in [4.78, 5) is 16.5. The number of amides is 1. The summed E-state index contributed by atoms with van der Waals surface area (Å²) in [5.74, 6) is 0.279. The largest absolute Gasteiger partial charge is 0.508 e. The molecule has 26 heavy (non-hydrogen) atoms. The molecule has 5 heteroatoms. The number of nitriles is 1. The SMILES string of the molecule is Cc1ccc(CC(=O)N2CCN([C@H](C#N)c3ccccc3)CC2)cc1O. The van der Waals surface area contributed by atoms with Gasteiger partial charge in [-0.25, -0.2) is 0 Å². The van der Waals surface area contributed by atoms with Gasteiger partial charge in [0.1, 0.15) is 11.8 Å². The first-order chi connectivity index (χ1) is 12.6. The Morgan fingerprint density at radius 2 is 1.85 bits per heavy atom. The number of nitrogens with zero attached hydrogens (tertiary/aromatic N) is 3. The Balaban J connectivity index is 1.58. The fourth-order valence-electron chi connectivity index (χ4n) is 3.28. The number of hydrogen-bond acceptors (Lipinski definition) is 4. The van der Waals surface area contributed by atoms with Gasteiger partial charge in [0.2, 0.25) is 5.91 Å². The van der Waals surface area contributed by atoms with E-state index in [2.05, 4.69) is 11.0 Å². The number of phenols is 1. The van der Waals surface area contributed by atoms with Crippen LogP contribution in [0.2, 0.25) is 0 Å². The molecular weight excluding hydrogens is 326 g/mol. The molecule has 5 nitrogen and oxygen atoms in total. The predicted octanol–water partition coefficient (Wildman–Crippen LogP) is 2.65. The van der Waals surface area contributed by atoms with E-state index < -0.39 is 0 Å². The van der Waals surface area contributed by atoms with Gasteiger partial charge in [-0.3, -0.25) is 9.69 Å². The zero-order valence-electron chi connectivity index (χ0n) is 14.9. The Hall–Kier alpha value is -2.84. The van der Waals surface area contributed by atoms with Crippen LogP contribution in [0.4, 0.5) is 0 Å². The fourth-order valence-corrected chi connectivity index (χ4v) is 3.28. The second-order valence-electron chi connectivity index (χ2n) is 6.66. The number of phenolic OH excluding ortho intramolecular Hbond substituents is 1. The Morgan fingerprint density at radius 3 is 2.46 bits per heavy atom. The summed E-state index contributed by atoms with van der Waals surface area (Å²) >= 11 is 0. The van der Waals surface area contributed by atoms with Crippen LogP contribution in [0.3, 0.4) is 0 Å². The molecule has 1 saturated heterocycles. The highest BCUT2D eigenvalue weighted by atomic mass is 16.3. The molecule has 3 rings (SSSR count). The van der Waals surface area contributed by atoms with Gasteiger partial charge in [0, 0.05) is 26.2 Å². The highest BCUT2D eigenvalue weighted by Gasteiger charge is 2.26. The van der Waals surface area contributed by atoms with Crippen LogP contribution in [0.5, 0.6) is 5.75 Å². The van der Waals surface area contributed by atoms with Crippen molar-refractivity contribution in [3.63, 3.8) is 0 Å². The maximum atomic E-state index is 12.5. The zero-order valence-corrected chi connectivity index (χ0v) is 14.9. The van der Waals surface area contributed by atoms with Gasteiger partial charge < -0.3 is 10.0 Å². The first-order valence-corrected chi connectivity index (χ1v) is 8.83. The Kier molecular flexibility index (Phi) is 5.55. The number of benzene rings is 2. The Labute approximate surface area is 154 Å². The van der Waals surface area contributed by atoms with Gasteiger partial charge in [-0.2, -0.15) is 5.26 Å². The maximum Gasteiger partial charge on any atom is 0.227 e. The van der Waals surface area contributed by atoms with E-state index in [-0.39, 0.29) is 24.1 Å². The van der Waals surface area contributed by atoms with Crippen molar-refractivity contribution in [2.75, 3.05) is 26.2 Å². The molecule has 0 radical (unpaired) electrons.